The predicted octanol–water partition coefficient (Wildman–Crippen LogP) is 2.39. The highest BCUT2D eigenvalue weighted by atomic mass is 32.1. The molecule has 0 unspecified atom stereocenters. The predicted molar refractivity (Wildman–Crippen MR) is 47.7 cm³/mol. The van der Waals surface area contributed by atoms with Gasteiger partial charge in [-0.15, -0.1) is 11.3 Å². The second kappa shape index (κ2) is 2.64. The van der Waals surface area contributed by atoms with E-state index in [9.17, 15) is 0 Å². The first kappa shape index (κ1) is 6.83. The van der Waals surface area contributed by atoms with Crippen molar-refractivity contribution in [2.45, 2.75) is 6.61 Å². The zero-order valence-corrected chi connectivity index (χ0v) is 6.77. The molecule has 2 heteroatoms. The third-order valence-electron chi connectivity index (χ3n) is 1.70. The van der Waals surface area contributed by atoms with E-state index in [0.717, 1.165) is 5.56 Å². The molecule has 0 atom stereocenters. The number of thiophene rings is 1. The molecule has 56 valence electrons. The highest BCUT2D eigenvalue weighted by Crippen LogP contribution is 2.21. The van der Waals surface area contributed by atoms with E-state index < -0.39 is 0 Å². The Balaban J connectivity index is 2.67. The molecule has 11 heavy (non-hydrogen) atoms. The average molecular weight is 164 g/mol. The molecule has 0 aliphatic heterocycles. The van der Waals surface area contributed by atoms with Gasteiger partial charge < -0.3 is 5.11 Å². The second-order valence-corrected chi connectivity index (χ2v) is 3.40. The van der Waals surface area contributed by atoms with E-state index in [0.29, 0.717) is 0 Å². The molecule has 0 aliphatic carbocycles. The largest absolute Gasteiger partial charge is 0.392 e. The summed E-state index contributed by atoms with van der Waals surface area (Å²) in [6.45, 7) is 0.133. The molecule has 1 aromatic heterocycles. The maximum atomic E-state index is 8.84. The Morgan fingerprint density at radius 1 is 1.27 bits per heavy atom. The fourth-order valence-corrected chi connectivity index (χ4v) is 1.95. The number of hydrogen-bond acceptors (Lipinski definition) is 2. The Hall–Kier alpha value is -0.860. The van der Waals surface area contributed by atoms with Crippen molar-refractivity contribution in [1.82, 2.24) is 0 Å². The normalized spacial score (nSPS) is 10.6. The molecule has 1 N–H and O–H groups in total. The van der Waals surface area contributed by atoms with E-state index in [1.807, 2.05) is 18.2 Å². The van der Waals surface area contributed by atoms with Gasteiger partial charge in [0.1, 0.15) is 0 Å². The Bertz CT molecular complexity index is 364. The van der Waals surface area contributed by atoms with Crippen LogP contribution in [0.5, 0.6) is 0 Å². The third-order valence-corrected chi connectivity index (χ3v) is 2.58. The van der Waals surface area contributed by atoms with Gasteiger partial charge >= 0.3 is 0 Å². The van der Waals surface area contributed by atoms with Gasteiger partial charge in [0.25, 0.3) is 0 Å². The molecule has 2 rings (SSSR count). The molecule has 1 heterocycles. The molecule has 0 bridgehead atoms. The lowest BCUT2D eigenvalue weighted by Gasteiger charge is -1.94. The van der Waals surface area contributed by atoms with E-state index in [1.54, 1.807) is 11.3 Å². The average Bonchev–Trinajstić information content (AvgIpc) is 2.50. The number of aliphatic hydroxyl groups is 1. The second-order valence-electron chi connectivity index (χ2n) is 2.45. The van der Waals surface area contributed by atoms with Crippen LogP contribution in [0.15, 0.2) is 29.6 Å². The van der Waals surface area contributed by atoms with Crippen LogP contribution in [-0.4, -0.2) is 5.11 Å². The van der Waals surface area contributed by atoms with Crippen LogP contribution in [0.25, 0.3) is 10.1 Å². The Kier molecular flexibility index (Phi) is 1.64. The molecule has 2 aromatic rings. The maximum absolute atomic E-state index is 8.84. The van der Waals surface area contributed by atoms with Crippen molar-refractivity contribution in [3.05, 3.63) is 35.2 Å². The molecular formula is C9H8OS. The summed E-state index contributed by atoms with van der Waals surface area (Å²) >= 11 is 1.71. The summed E-state index contributed by atoms with van der Waals surface area (Å²) in [5.74, 6) is 0. The van der Waals surface area contributed by atoms with Gasteiger partial charge in [-0.3, -0.25) is 0 Å². The fraction of sp³-hybridized carbons (Fsp3) is 0.111. The molecule has 0 spiro atoms. The van der Waals surface area contributed by atoms with Crippen molar-refractivity contribution in [2.24, 2.45) is 0 Å². The lowest BCUT2D eigenvalue weighted by molar-refractivity contribution is 0.282. The third kappa shape index (κ3) is 1.15. The van der Waals surface area contributed by atoms with Gasteiger partial charge in [0.15, 0.2) is 0 Å². The van der Waals surface area contributed by atoms with Crippen molar-refractivity contribution in [2.75, 3.05) is 0 Å². The zero-order chi connectivity index (χ0) is 7.68. The standard InChI is InChI=1S/C9H8OS/c10-6-7-1-2-8-3-4-11-9(8)5-7/h1-5,10H,6H2. The quantitative estimate of drug-likeness (QED) is 0.686. The minimum absolute atomic E-state index is 0.133. The summed E-state index contributed by atoms with van der Waals surface area (Å²) < 4.78 is 1.25. The van der Waals surface area contributed by atoms with Crippen molar-refractivity contribution in [1.29, 1.82) is 0 Å². The van der Waals surface area contributed by atoms with Crippen molar-refractivity contribution >= 4 is 21.4 Å². The molecule has 0 fully saturated rings. The molecule has 0 saturated heterocycles. The van der Waals surface area contributed by atoms with E-state index in [-0.39, 0.29) is 6.61 Å². The van der Waals surface area contributed by atoms with Crippen LogP contribution in [0, 0.1) is 0 Å². The minimum Gasteiger partial charge on any atom is -0.392 e. The summed E-state index contributed by atoms with van der Waals surface area (Å²) in [5, 5.41) is 12.2. The van der Waals surface area contributed by atoms with Gasteiger partial charge in [0, 0.05) is 4.70 Å². The Morgan fingerprint density at radius 2 is 2.18 bits per heavy atom. The maximum Gasteiger partial charge on any atom is 0.0682 e. The molecular weight excluding hydrogens is 156 g/mol. The lowest BCUT2D eigenvalue weighted by atomic mass is 10.2. The summed E-state index contributed by atoms with van der Waals surface area (Å²) in [7, 11) is 0. The van der Waals surface area contributed by atoms with Crippen LogP contribution in [0.2, 0.25) is 0 Å². The van der Waals surface area contributed by atoms with Gasteiger partial charge in [-0.25, -0.2) is 0 Å². The highest BCUT2D eigenvalue weighted by Gasteiger charge is 1.94. The summed E-state index contributed by atoms with van der Waals surface area (Å²) in [5.41, 5.74) is 0.986. The van der Waals surface area contributed by atoms with Crippen molar-refractivity contribution in [3.63, 3.8) is 0 Å². The van der Waals surface area contributed by atoms with Crippen molar-refractivity contribution < 1.29 is 5.11 Å². The smallest absolute Gasteiger partial charge is 0.0682 e. The van der Waals surface area contributed by atoms with Gasteiger partial charge in [0.05, 0.1) is 6.61 Å². The molecule has 0 amide bonds. The fourth-order valence-electron chi connectivity index (χ4n) is 1.10. The Labute approximate surface area is 68.9 Å². The van der Waals surface area contributed by atoms with Crippen molar-refractivity contribution in [3.8, 4) is 0 Å². The zero-order valence-electron chi connectivity index (χ0n) is 5.95. The number of benzene rings is 1. The minimum atomic E-state index is 0.133. The first-order valence-corrected chi connectivity index (χ1v) is 4.35. The van der Waals surface area contributed by atoms with Crippen LogP contribution in [0.4, 0.5) is 0 Å². The van der Waals surface area contributed by atoms with Crippen LogP contribution in [-0.2, 0) is 6.61 Å². The molecule has 0 radical (unpaired) electrons. The van der Waals surface area contributed by atoms with E-state index in [4.69, 9.17) is 5.11 Å². The number of hydrogen-bond donors (Lipinski definition) is 1. The summed E-state index contributed by atoms with van der Waals surface area (Å²) in [6.07, 6.45) is 0. The van der Waals surface area contributed by atoms with E-state index in [1.165, 1.54) is 10.1 Å². The number of aliphatic hydroxyl groups excluding tert-OH is 1. The lowest BCUT2D eigenvalue weighted by Crippen LogP contribution is -1.79. The first-order valence-electron chi connectivity index (χ1n) is 3.47. The van der Waals surface area contributed by atoms with E-state index in [2.05, 4.69) is 11.4 Å². The first-order chi connectivity index (χ1) is 5.40. The molecule has 0 aliphatic rings. The number of fused-ring (bicyclic) bond motifs is 1. The highest BCUT2D eigenvalue weighted by molar-refractivity contribution is 7.17. The Morgan fingerprint density at radius 3 is 3.00 bits per heavy atom. The van der Waals surface area contributed by atoms with Gasteiger partial charge in [-0.1, -0.05) is 12.1 Å². The molecule has 1 aromatic carbocycles. The topological polar surface area (TPSA) is 20.2 Å². The van der Waals surface area contributed by atoms with Gasteiger partial charge in [0.2, 0.25) is 0 Å². The summed E-state index contributed by atoms with van der Waals surface area (Å²) in [4.78, 5) is 0. The van der Waals surface area contributed by atoms with Crippen LogP contribution < -0.4 is 0 Å². The monoisotopic (exact) mass is 164 g/mol. The van der Waals surface area contributed by atoms with Crippen LogP contribution in [0.1, 0.15) is 5.56 Å². The summed E-state index contributed by atoms with van der Waals surface area (Å²) in [6, 6.07) is 8.10. The van der Waals surface area contributed by atoms with Crippen LogP contribution in [0.3, 0.4) is 0 Å². The van der Waals surface area contributed by atoms with Gasteiger partial charge in [-0.05, 0) is 28.5 Å². The van der Waals surface area contributed by atoms with Crippen LogP contribution >= 0.6 is 11.3 Å². The SMILES string of the molecule is OCc1ccc2ccsc2c1. The molecule has 1 nitrogen and oxygen atoms in total. The number of rotatable bonds is 1. The molecule has 0 saturated carbocycles. The van der Waals surface area contributed by atoms with E-state index >= 15 is 0 Å². The van der Waals surface area contributed by atoms with Gasteiger partial charge in [-0.2, -0.15) is 0 Å².